The van der Waals surface area contributed by atoms with E-state index in [4.69, 9.17) is 0 Å². The zero-order valence-electron chi connectivity index (χ0n) is 20.5. The molecule has 3 N–H and O–H groups in total. The molecule has 3 heterocycles. The van der Waals surface area contributed by atoms with Crippen molar-refractivity contribution in [2.75, 3.05) is 31.5 Å². The largest absolute Gasteiger partial charge is 0.393 e. The van der Waals surface area contributed by atoms with Gasteiger partial charge in [0.2, 0.25) is 5.95 Å². The molecule has 1 saturated carbocycles. The molecule has 0 radical (unpaired) electrons. The summed E-state index contributed by atoms with van der Waals surface area (Å²) in [5.74, 6) is 0.207. The van der Waals surface area contributed by atoms with Gasteiger partial charge in [0.15, 0.2) is 0 Å². The summed E-state index contributed by atoms with van der Waals surface area (Å²) >= 11 is 0. The monoisotopic (exact) mass is 520 g/mol. The van der Waals surface area contributed by atoms with Gasteiger partial charge in [-0.15, -0.1) is 12.4 Å². The Labute approximate surface area is 216 Å². The fourth-order valence-corrected chi connectivity index (χ4v) is 5.13. The van der Waals surface area contributed by atoms with E-state index in [1.165, 1.54) is 12.5 Å². The lowest BCUT2D eigenvalue weighted by molar-refractivity contribution is 0.111. The summed E-state index contributed by atoms with van der Waals surface area (Å²) in [7, 11) is 0. The first-order chi connectivity index (χ1) is 17.0. The number of aliphatic hydroxyl groups excluding tert-OH is 1. The highest BCUT2D eigenvalue weighted by molar-refractivity contribution is 5.94. The normalized spacial score (nSPS) is 21.9. The standard InChI is InChI=1S/C26H34F2N6O.ClH/c1-17(24(27)28)31-26-30-14-22-23(16-34(25(22)32-26)20-6-8-21(35)9-7-20)19-4-2-18(3-5-19)15-33-12-10-29-11-13-33;/h2-5,14,16-17,20-21,24,29,35H,6-13,15H2,1H3,(H,30,31,32);1H/t17-,20?,21?;/m0./s1. The second kappa shape index (κ2) is 11.8. The van der Waals surface area contributed by atoms with Crippen LogP contribution in [0.25, 0.3) is 22.2 Å². The van der Waals surface area contributed by atoms with Gasteiger partial charge in [-0.25, -0.2) is 13.8 Å². The van der Waals surface area contributed by atoms with Crippen LogP contribution in [0.5, 0.6) is 0 Å². The van der Waals surface area contributed by atoms with E-state index in [1.807, 2.05) is 0 Å². The molecular formula is C26H35ClF2N6O. The van der Waals surface area contributed by atoms with Gasteiger partial charge in [-0.1, -0.05) is 24.3 Å². The van der Waals surface area contributed by atoms with E-state index in [0.29, 0.717) is 0 Å². The molecule has 5 rings (SSSR count). The van der Waals surface area contributed by atoms with Gasteiger partial charge < -0.3 is 20.3 Å². The lowest BCUT2D eigenvalue weighted by atomic mass is 9.93. The molecule has 196 valence electrons. The third kappa shape index (κ3) is 5.96. The molecule has 7 nitrogen and oxygen atoms in total. The Morgan fingerprint density at radius 1 is 1.11 bits per heavy atom. The molecule has 1 atom stereocenters. The van der Waals surface area contributed by atoms with Gasteiger partial charge in [0.05, 0.1) is 12.1 Å². The van der Waals surface area contributed by atoms with E-state index in [9.17, 15) is 13.9 Å². The first kappa shape index (κ1) is 26.7. The summed E-state index contributed by atoms with van der Waals surface area (Å²) in [5, 5.41) is 17.0. The first-order valence-electron chi connectivity index (χ1n) is 12.6. The van der Waals surface area contributed by atoms with Gasteiger partial charge in [0, 0.05) is 62.1 Å². The van der Waals surface area contributed by atoms with Gasteiger partial charge >= 0.3 is 0 Å². The summed E-state index contributed by atoms with van der Waals surface area (Å²) in [6.07, 6.45) is 4.31. The molecule has 2 aliphatic rings. The molecule has 0 spiro atoms. The number of anilines is 1. The van der Waals surface area contributed by atoms with Crippen LogP contribution in [-0.2, 0) is 6.54 Å². The number of nitrogens with zero attached hydrogens (tertiary/aromatic N) is 4. The van der Waals surface area contributed by atoms with Crippen LogP contribution in [0, 0.1) is 0 Å². The predicted molar refractivity (Wildman–Crippen MR) is 141 cm³/mol. The lowest BCUT2D eigenvalue weighted by Gasteiger charge is -2.27. The number of piperazine rings is 1. The molecule has 0 amide bonds. The maximum atomic E-state index is 13.1. The Bertz CT molecular complexity index is 1130. The lowest BCUT2D eigenvalue weighted by Crippen LogP contribution is -2.42. The Hall–Kier alpha value is -2.33. The molecule has 36 heavy (non-hydrogen) atoms. The molecule has 0 unspecified atom stereocenters. The summed E-state index contributed by atoms with van der Waals surface area (Å²) in [6, 6.07) is 7.82. The number of hydrogen-bond acceptors (Lipinski definition) is 6. The molecule has 1 aliphatic heterocycles. The Morgan fingerprint density at radius 2 is 1.81 bits per heavy atom. The van der Waals surface area contributed by atoms with Gasteiger partial charge in [-0.2, -0.15) is 4.98 Å². The van der Waals surface area contributed by atoms with Crippen LogP contribution in [0.15, 0.2) is 36.7 Å². The average Bonchev–Trinajstić information content (AvgIpc) is 3.24. The maximum Gasteiger partial charge on any atom is 0.258 e. The zero-order valence-corrected chi connectivity index (χ0v) is 21.4. The van der Waals surface area contributed by atoms with Crippen molar-refractivity contribution in [2.45, 2.75) is 63.8 Å². The SMILES string of the molecule is C[C@H](Nc1ncc2c(-c3ccc(CN4CCNCC4)cc3)cn(C3CCC(O)CC3)c2n1)C(F)F.Cl. The topological polar surface area (TPSA) is 78.2 Å². The van der Waals surface area contributed by atoms with Crippen LogP contribution < -0.4 is 10.6 Å². The molecule has 1 aliphatic carbocycles. The van der Waals surface area contributed by atoms with E-state index in [-0.39, 0.29) is 30.5 Å². The van der Waals surface area contributed by atoms with E-state index >= 15 is 0 Å². The van der Waals surface area contributed by atoms with Crippen molar-refractivity contribution in [2.24, 2.45) is 0 Å². The highest BCUT2D eigenvalue weighted by atomic mass is 35.5. The van der Waals surface area contributed by atoms with Gasteiger partial charge in [-0.3, -0.25) is 4.90 Å². The molecular weight excluding hydrogens is 486 g/mol. The molecule has 1 saturated heterocycles. The van der Waals surface area contributed by atoms with Crippen molar-refractivity contribution in [3.63, 3.8) is 0 Å². The fourth-order valence-electron chi connectivity index (χ4n) is 5.13. The van der Waals surface area contributed by atoms with Crippen LogP contribution >= 0.6 is 12.4 Å². The van der Waals surface area contributed by atoms with E-state index in [2.05, 4.69) is 60.5 Å². The average molecular weight is 521 g/mol. The second-order valence-corrected chi connectivity index (χ2v) is 9.83. The van der Waals surface area contributed by atoms with Crippen LogP contribution in [-0.4, -0.2) is 69.3 Å². The van der Waals surface area contributed by atoms with E-state index < -0.39 is 12.5 Å². The maximum absolute atomic E-state index is 13.1. The number of rotatable bonds is 7. The minimum Gasteiger partial charge on any atom is -0.393 e. The molecule has 10 heteroatoms. The summed E-state index contributed by atoms with van der Waals surface area (Å²) in [4.78, 5) is 11.5. The molecule has 0 bridgehead atoms. The third-order valence-corrected chi connectivity index (χ3v) is 7.25. The first-order valence-corrected chi connectivity index (χ1v) is 12.6. The van der Waals surface area contributed by atoms with Crippen molar-refractivity contribution in [1.29, 1.82) is 0 Å². The number of halogens is 3. The van der Waals surface area contributed by atoms with E-state index in [0.717, 1.165) is 80.6 Å². The van der Waals surface area contributed by atoms with Crippen molar-refractivity contribution in [3.8, 4) is 11.1 Å². The molecule has 3 aromatic rings. The summed E-state index contributed by atoms with van der Waals surface area (Å²) in [6.45, 7) is 6.54. The number of alkyl halides is 2. The number of nitrogens with one attached hydrogen (secondary N) is 2. The third-order valence-electron chi connectivity index (χ3n) is 7.25. The van der Waals surface area contributed by atoms with Crippen LogP contribution in [0.1, 0.15) is 44.2 Å². The number of aliphatic hydroxyl groups is 1. The van der Waals surface area contributed by atoms with Gasteiger partial charge in [0.25, 0.3) is 6.43 Å². The minimum atomic E-state index is -2.50. The highest BCUT2D eigenvalue weighted by Gasteiger charge is 2.25. The number of hydrogen-bond donors (Lipinski definition) is 3. The summed E-state index contributed by atoms with van der Waals surface area (Å²) in [5.41, 5.74) is 4.14. The Balaban J connectivity index is 0.00000304. The fraction of sp³-hybridized carbons (Fsp3) is 0.538. The smallest absolute Gasteiger partial charge is 0.258 e. The predicted octanol–water partition coefficient (Wildman–Crippen LogP) is 4.47. The number of benzene rings is 1. The highest BCUT2D eigenvalue weighted by Crippen LogP contribution is 2.37. The zero-order chi connectivity index (χ0) is 24.4. The molecule has 1 aromatic carbocycles. The van der Waals surface area contributed by atoms with Crippen molar-refractivity contribution >= 4 is 29.4 Å². The molecule has 2 fully saturated rings. The number of fused-ring (bicyclic) bond motifs is 1. The Morgan fingerprint density at radius 3 is 2.47 bits per heavy atom. The van der Waals surface area contributed by atoms with Crippen LogP contribution in [0.2, 0.25) is 0 Å². The van der Waals surface area contributed by atoms with Gasteiger partial charge in [-0.05, 0) is 43.7 Å². The summed E-state index contributed by atoms with van der Waals surface area (Å²) < 4.78 is 28.3. The van der Waals surface area contributed by atoms with E-state index in [1.54, 1.807) is 6.20 Å². The Kier molecular flexibility index (Phi) is 8.77. The van der Waals surface area contributed by atoms with Crippen LogP contribution in [0.3, 0.4) is 0 Å². The van der Waals surface area contributed by atoms with Crippen molar-refractivity contribution in [3.05, 3.63) is 42.2 Å². The second-order valence-electron chi connectivity index (χ2n) is 9.83. The quantitative estimate of drug-likeness (QED) is 0.427. The van der Waals surface area contributed by atoms with Gasteiger partial charge in [0.1, 0.15) is 5.65 Å². The van der Waals surface area contributed by atoms with Crippen LogP contribution in [0.4, 0.5) is 14.7 Å². The minimum absolute atomic E-state index is 0. The van der Waals surface area contributed by atoms with Crippen molar-refractivity contribution in [1.82, 2.24) is 24.8 Å². The molecule has 2 aromatic heterocycles. The number of aromatic nitrogens is 3. The van der Waals surface area contributed by atoms with Crippen molar-refractivity contribution < 1.29 is 13.9 Å².